The van der Waals surface area contributed by atoms with Crippen molar-refractivity contribution in [3.05, 3.63) is 298 Å². The highest BCUT2D eigenvalue weighted by Gasteiger charge is 2.47. The highest BCUT2D eigenvalue weighted by Crippen LogP contribution is 2.42. The highest BCUT2D eigenvalue weighted by atomic mass is 35.5. The van der Waals surface area contributed by atoms with E-state index in [1.54, 1.807) is 118 Å². The van der Waals surface area contributed by atoms with Crippen molar-refractivity contribution >= 4 is 83.1 Å². The molecule has 0 saturated heterocycles. The topological polar surface area (TPSA) is 172 Å². The van der Waals surface area contributed by atoms with Crippen molar-refractivity contribution in [2.75, 3.05) is 18.8 Å². The molecule has 1 N–H and O–H groups in total. The van der Waals surface area contributed by atoms with Crippen molar-refractivity contribution < 1.29 is 61.0 Å². The van der Waals surface area contributed by atoms with Gasteiger partial charge in [-0.05, 0) is 134 Å². The molecular weight excluding hydrogens is 1600 g/mol. The third-order valence-electron chi connectivity index (χ3n) is 17.3. The van der Waals surface area contributed by atoms with Crippen LogP contribution in [-0.4, -0.2) is 51.2 Å². The lowest BCUT2D eigenvalue weighted by Gasteiger charge is -2.21. The van der Waals surface area contributed by atoms with Gasteiger partial charge >= 0.3 is 5.51 Å². The number of thioether (sulfide) groups is 1. The number of nitrogens with zero attached hydrogens (tertiary/aromatic N) is 1. The summed E-state index contributed by atoms with van der Waals surface area (Å²) in [6.45, 7) is 28.9. The average Bonchev–Trinajstić information content (AvgIpc) is 1.03. The second-order valence-corrected chi connectivity index (χ2v) is 38.4. The number of sulfone groups is 1. The predicted octanol–water partition coefficient (Wildman–Crippen LogP) is 23.9. The molecule has 1 unspecified atom stereocenters. The minimum atomic E-state index is -5.56. The van der Waals surface area contributed by atoms with Gasteiger partial charge in [-0.2, -0.15) is 18.4 Å². The van der Waals surface area contributed by atoms with Crippen LogP contribution in [0.5, 0.6) is 0 Å². The van der Waals surface area contributed by atoms with Gasteiger partial charge in [0.25, 0.3) is 15.7 Å². The number of nitrogens with one attached hydrogen (secondary N) is 1. The van der Waals surface area contributed by atoms with Crippen LogP contribution in [0.1, 0.15) is 148 Å². The summed E-state index contributed by atoms with van der Waals surface area (Å²) in [5.41, 5.74) is -0.488. The van der Waals surface area contributed by atoms with Gasteiger partial charge in [0, 0.05) is 109 Å². The zero-order valence-corrected chi connectivity index (χ0v) is 71.0. The second kappa shape index (κ2) is 37.2. The number of hydrogen-bond acceptors (Lipinski definition) is 10. The lowest BCUT2D eigenvalue weighted by Crippen LogP contribution is -2.29. The Morgan fingerprint density at radius 2 is 0.788 bits per heavy atom. The number of carbonyl (C=O) groups is 1. The zero-order valence-electron chi connectivity index (χ0n) is 65.5. The van der Waals surface area contributed by atoms with Gasteiger partial charge < -0.3 is 0 Å². The van der Waals surface area contributed by atoms with Gasteiger partial charge in [-0.1, -0.05) is 254 Å². The number of benzene rings is 8. The molecule has 0 radical (unpaired) electrons. The van der Waals surface area contributed by atoms with Crippen molar-refractivity contribution in [3.8, 4) is 61.7 Å². The van der Waals surface area contributed by atoms with E-state index in [4.69, 9.17) is 40.1 Å². The number of carbonyl (C=O) groups excluding carboxylic acids is 1. The Morgan fingerprint density at radius 3 is 1.18 bits per heavy atom. The van der Waals surface area contributed by atoms with Gasteiger partial charge in [0.2, 0.25) is 10.0 Å². The third kappa shape index (κ3) is 23.9. The van der Waals surface area contributed by atoms with Crippen molar-refractivity contribution in [1.29, 1.82) is 5.26 Å². The Hall–Kier alpha value is -8.79. The molecule has 1 atom stereocenters. The minimum Gasteiger partial charge on any atom is -0.289 e. The van der Waals surface area contributed by atoms with Crippen LogP contribution in [0.2, 0.25) is 15.1 Å². The van der Waals surface area contributed by atoms with E-state index in [0.29, 0.717) is 65.6 Å². The van der Waals surface area contributed by atoms with Crippen molar-refractivity contribution in [2.24, 2.45) is 0 Å². The Labute approximate surface area is 678 Å². The van der Waals surface area contributed by atoms with Crippen LogP contribution < -0.4 is 15.6 Å². The molecule has 0 spiro atoms. The van der Waals surface area contributed by atoms with E-state index in [1.165, 1.54) is 60.3 Å². The lowest BCUT2D eigenvalue weighted by atomic mass is 9.84. The maximum absolute atomic E-state index is 15.0. The monoisotopic (exact) mass is 1680 g/mol. The molecule has 0 heterocycles. The first kappa shape index (κ1) is 93.1. The molecule has 1 amide bonds. The largest absolute Gasteiger partial charge is 0.501 e. The predicted molar refractivity (Wildman–Crippen MR) is 445 cm³/mol. The molecule has 0 aliphatic rings. The third-order valence-corrected chi connectivity index (χ3v) is 22.1. The van der Waals surface area contributed by atoms with E-state index >= 15 is 0 Å². The highest BCUT2D eigenvalue weighted by molar-refractivity contribution is 7.98. The van der Waals surface area contributed by atoms with Crippen LogP contribution in [0.3, 0.4) is 0 Å². The molecule has 0 bridgehead atoms. The fourth-order valence-electron chi connectivity index (χ4n) is 11.5. The Kier molecular flexibility index (Phi) is 30.7. The molecular formula is C88H87Cl3F8N2O8S4. The van der Waals surface area contributed by atoms with Crippen LogP contribution in [0.15, 0.2) is 218 Å². The fraction of sp³-hybridized carbons (Fsp3) is 0.273. The van der Waals surface area contributed by atoms with Gasteiger partial charge in [-0.25, -0.2) is 43.5 Å². The molecule has 113 heavy (non-hydrogen) atoms. The first-order valence-electron chi connectivity index (χ1n) is 34.8. The fourth-order valence-corrected chi connectivity index (χ4v) is 14.6. The van der Waals surface area contributed by atoms with E-state index < -0.39 is 75.3 Å². The quantitative estimate of drug-likeness (QED) is 0.103. The van der Waals surface area contributed by atoms with E-state index in [0.717, 1.165) is 46.5 Å². The van der Waals surface area contributed by atoms with Crippen molar-refractivity contribution in [1.82, 2.24) is 4.72 Å². The van der Waals surface area contributed by atoms with E-state index in [-0.39, 0.29) is 76.6 Å². The molecule has 0 saturated carbocycles. The lowest BCUT2D eigenvalue weighted by molar-refractivity contribution is -0.0436. The normalized spacial score (nSPS) is 12.2. The SMILES string of the molecule is CC(C)(C)c1cccc(-c2cc(C(=O)NS(C)(=O)=O)ccc2Cl)c1F.CC(C)(C)c1cccc(-c2cc(S(=O)(=O)C(F)(F)F)ccc2Cl)c1F.CC(C)(C)c1ccccc(-c2ccc(F)cc2C#N)c1=O.CS(=O)c1ccc(Cl)c(-c2cccc(C(C)(C)C)c2F)c1.CSc1cc(F)ccc1-c1ccccc(C(C)(C)C)c1=O. The molecule has 0 fully saturated rings. The summed E-state index contributed by atoms with van der Waals surface area (Å²) in [6.07, 6.45) is 4.36. The van der Waals surface area contributed by atoms with Gasteiger partial charge in [0.15, 0.2) is 10.9 Å². The van der Waals surface area contributed by atoms with Crippen LogP contribution in [0.4, 0.5) is 35.1 Å². The van der Waals surface area contributed by atoms with Gasteiger partial charge in [-0.15, -0.1) is 11.8 Å². The standard InChI is InChI=1S/C18H19ClFNO3S.C18H16FNO.C18H19FOS.C17H15ClF4O2S.C17H18ClFOS/c1-18(2,3)14-7-5-6-12(16(14)20)13-10-11(8-9-15(13)19)17(22)21-25(4,23)24;1-18(2,3)16-7-5-4-6-15(17(16)21)14-9-8-13(19)10-12(14)11-20;1-18(2,3)15-8-6-5-7-14(17(15)20)13-10-9-12(19)11-16(13)21-4;1-16(2,3)13-6-4-5-11(15(13)19)12-9-10(7-8-14(12)18)25(23,24)17(20,21)22;1-17(2,3)14-7-5-6-12(16(14)19)13-10-11(21(4)20)8-9-15(13)18/h5-10H,1-4H3,(H,21,22);4-10H,1-3H3;5-11H,1-4H3;4-9H,1-3H3;5-10H,1-4H3. The smallest absolute Gasteiger partial charge is 0.289 e. The molecule has 0 aliphatic heterocycles. The molecule has 10 rings (SSSR count). The first-order valence-corrected chi connectivity index (χ1v) is 42.1. The maximum Gasteiger partial charge on any atom is 0.501 e. The number of alkyl halides is 3. The maximum atomic E-state index is 15.0. The van der Waals surface area contributed by atoms with Crippen LogP contribution in [-0.2, 0) is 57.7 Å². The van der Waals surface area contributed by atoms with Gasteiger partial charge in [0.05, 0.1) is 22.8 Å². The van der Waals surface area contributed by atoms with Crippen molar-refractivity contribution in [2.45, 2.75) is 151 Å². The number of nitriles is 1. The van der Waals surface area contributed by atoms with Crippen LogP contribution in [0, 0.1) is 40.4 Å². The average molecular weight is 1690 g/mol. The Bertz CT molecular complexity index is 5670. The summed E-state index contributed by atoms with van der Waals surface area (Å²) in [5.74, 6) is -2.92. The molecule has 0 aromatic heterocycles. The summed E-state index contributed by atoms with van der Waals surface area (Å²) in [4.78, 5) is 38.1. The number of hydrogen-bond donors (Lipinski definition) is 1. The van der Waals surface area contributed by atoms with Crippen LogP contribution >= 0.6 is 46.6 Å². The van der Waals surface area contributed by atoms with Gasteiger partial charge in [-0.3, -0.25) is 18.6 Å². The summed E-state index contributed by atoms with van der Waals surface area (Å²) in [6, 6.07) is 51.4. The molecule has 25 heteroatoms. The molecule has 10 aromatic carbocycles. The first-order chi connectivity index (χ1) is 52.1. The summed E-state index contributed by atoms with van der Waals surface area (Å²) in [7, 11) is -10.4. The molecule has 598 valence electrons. The summed E-state index contributed by atoms with van der Waals surface area (Å²) < 4.78 is 169. The summed E-state index contributed by atoms with van der Waals surface area (Å²) in [5, 5.41) is 9.84. The Morgan fingerprint density at radius 1 is 0.434 bits per heavy atom. The van der Waals surface area contributed by atoms with Crippen molar-refractivity contribution in [3.63, 3.8) is 0 Å². The molecule has 0 aliphatic carbocycles. The number of halogens is 11. The Balaban J connectivity index is 0.000000221. The van der Waals surface area contributed by atoms with Crippen LogP contribution in [0.25, 0.3) is 55.6 Å². The second-order valence-electron chi connectivity index (χ2n) is 31.2. The summed E-state index contributed by atoms with van der Waals surface area (Å²) >= 11 is 19.8. The van der Waals surface area contributed by atoms with E-state index in [1.807, 2.05) is 130 Å². The minimum absolute atomic E-state index is 0.00871. The number of sulfonamides is 1. The van der Waals surface area contributed by atoms with E-state index in [9.17, 15) is 70.6 Å². The molecule has 10 nitrogen and oxygen atoms in total. The van der Waals surface area contributed by atoms with Gasteiger partial charge in [0.1, 0.15) is 29.1 Å². The zero-order chi connectivity index (χ0) is 85.2. The number of amides is 1. The van der Waals surface area contributed by atoms with E-state index in [2.05, 4.69) is 0 Å². The molecule has 10 aromatic rings. The number of rotatable bonds is 10.